The molecule has 1 saturated heterocycles. The van der Waals surface area contributed by atoms with E-state index in [0.29, 0.717) is 5.69 Å². The molecule has 1 fully saturated rings. The summed E-state index contributed by atoms with van der Waals surface area (Å²) in [6.07, 6.45) is 6.31. The van der Waals surface area contributed by atoms with Gasteiger partial charge in [0.25, 0.3) is 5.91 Å². The maximum Gasteiger partial charge on any atom is 0.272 e. The third kappa shape index (κ3) is 3.89. The molecular weight excluding hydrogens is 286 g/mol. The van der Waals surface area contributed by atoms with Crippen LogP contribution < -0.4 is 5.32 Å². The Morgan fingerprint density at radius 3 is 2.57 bits per heavy atom. The number of hydrogen-bond donors (Lipinski definition) is 1. The number of nitrogens with zero attached hydrogens (tertiary/aromatic N) is 2. The molecule has 0 radical (unpaired) electrons. The van der Waals surface area contributed by atoms with Crippen molar-refractivity contribution in [1.82, 2.24) is 9.88 Å². The van der Waals surface area contributed by atoms with Crippen LogP contribution in [0.4, 0.5) is 11.4 Å². The molecule has 0 unspecified atom stereocenters. The minimum atomic E-state index is 0.0420. The fourth-order valence-electron chi connectivity index (χ4n) is 2.93. The maximum absolute atomic E-state index is 12.7. The number of rotatable bonds is 3. The number of carbonyl (C=O) groups is 1. The van der Waals surface area contributed by atoms with E-state index >= 15 is 0 Å². The van der Waals surface area contributed by atoms with Crippen molar-refractivity contribution in [1.29, 1.82) is 0 Å². The SMILES string of the molecule is Cc1ccccc1Nc1ccnc(C(=O)N2CCCCCC2)c1. The lowest BCUT2D eigenvalue weighted by atomic mass is 10.2. The highest BCUT2D eigenvalue weighted by atomic mass is 16.2. The van der Waals surface area contributed by atoms with E-state index in [9.17, 15) is 4.79 Å². The molecule has 2 heterocycles. The summed E-state index contributed by atoms with van der Waals surface area (Å²) >= 11 is 0. The largest absolute Gasteiger partial charge is 0.355 e. The van der Waals surface area contributed by atoms with Crippen LogP contribution in [0.1, 0.15) is 41.7 Å². The summed E-state index contributed by atoms with van der Waals surface area (Å²) < 4.78 is 0. The van der Waals surface area contributed by atoms with Crippen molar-refractivity contribution in [3.63, 3.8) is 0 Å². The first kappa shape index (κ1) is 15.5. The molecule has 1 aromatic carbocycles. The average Bonchev–Trinajstić information content (AvgIpc) is 2.86. The van der Waals surface area contributed by atoms with Gasteiger partial charge in [0.05, 0.1) is 0 Å². The van der Waals surface area contributed by atoms with Crippen LogP contribution in [0.3, 0.4) is 0 Å². The number of pyridine rings is 1. The van der Waals surface area contributed by atoms with Gasteiger partial charge in [-0.25, -0.2) is 0 Å². The van der Waals surface area contributed by atoms with Crippen molar-refractivity contribution in [2.45, 2.75) is 32.6 Å². The predicted octanol–water partition coefficient (Wildman–Crippen LogP) is 4.15. The summed E-state index contributed by atoms with van der Waals surface area (Å²) in [4.78, 5) is 18.9. The number of hydrogen-bond acceptors (Lipinski definition) is 3. The van der Waals surface area contributed by atoms with Gasteiger partial charge < -0.3 is 10.2 Å². The van der Waals surface area contributed by atoms with E-state index in [1.165, 1.54) is 18.4 Å². The first-order valence-corrected chi connectivity index (χ1v) is 8.32. The normalized spacial score (nSPS) is 15.1. The van der Waals surface area contributed by atoms with Crippen LogP contribution in [-0.2, 0) is 0 Å². The third-order valence-electron chi connectivity index (χ3n) is 4.30. The first-order chi connectivity index (χ1) is 11.2. The Morgan fingerprint density at radius 1 is 1.09 bits per heavy atom. The van der Waals surface area contributed by atoms with E-state index in [1.807, 2.05) is 35.2 Å². The van der Waals surface area contributed by atoms with Gasteiger partial charge in [-0.3, -0.25) is 9.78 Å². The number of aromatic nitrogens is 1. The second-order valence-electron chi connectivity index (χ2n) is 6.08. The molecule has 0 spiro atoms. The zero-order valence-corrected chi connectivity index (χ0v) is 13.6. The molecule has 2 aromatic rings. The van der Waals surface area contributed by atoms with Gasteiger partial charge in [-0.1, -0.05) is 31.0 Å². The fourth-order valence-corrected chi connectivity index (χ4v) is 2.93. The van der Waals surface area contributed by atoms with Crippen molar-refractivity contribution in [2.75, 3.05) is 18.4 Å². The number of amides is 1. The van der Waals surface area contributed by atoms with Crippen LogP contribution >= 0.6 is 0 Å². The number of nitrogens with one attached hydrogen (secondary N) is 1. The van der Waals surface area contributed by atoms with Gasteiger partial charge >= 0.3 is 0 Å². The Kier molecular flexibility index (Phi) is 4.91. The zero-order valence-electron chi connectivity index (χ0n) is 13.6. The summed E-state index contributed by atoms with van der Waals surface area (Å²) in [5.74, 6) is 0.0420. The van der Waals surface area contributed by atoms with Gasteiger partial charge in [0, 0.05) is 30.7 Å². The fraction of sp³-hybridized carbons (Fsp3) is 0.368. The second kappa shape index (κ2) is 7.27. The van der Waals surface area contributed by atoms with Gasteiger partial charge in [0.2, 0.25) is 0 Å². The van der Waals surface area contributed by atoms with Crippen LogP contribution in [0.25, 0.3) is 0 Å². The van der Waals surface area contributed by atoms with Gasteiger partial charge in [-0.15, -0.1) is 0 Å². The zero-order chi connectivity index (χ0) is 16.1. The summed E-state index contributed by atoms with van der Waals surface area (Å²) in [6.45, 7) is 3.75. The lowest BCUT2D eigenvalue weighted by Crippen LogP contribution is -2.32. The summed E-state index contributed by atoms with van der Waals surface area (Å²) in [5.41, 5.74) is 3.63. The highest BCUT2D eigenvalue weighted by Crippen LogP contribution is 2.21. The van der Waals surface area contributed by atoms with Crippen LogP contribution in [0, 0.1) is 6.92 Å². The number of para-hydroxylation sites is 1. The molecule has 0 saturated carbocycles. The van der Waals surface area contributed by atoms with E-state index in [4.69, 9.17) is 0 Å². The predicted molar refractivity (Wildman–Crippen MR) is 93.1 cm³/mol. The molecule has 1 aliphatic rings. The lowest BCUT2D eigenvalue weighted by molar-refractivity contribution is 0.0756. The molecule has 0 aliphatic carbocycles. The molecule has 0 bridgehead atoms. The van der Waals surface area contributed by atoms with Crippen molar-refractivity contribution in [3.8, 4) is 0 Å². The average molecular weight is 309 g/mol. The highest BCUT2D eigenvalue weighted by molar-refractivity contribution is 5.93. The topological polar surface area (TPSA) is 45.2 Å². The van der Waals surface area contributed by atoms with E-state index in [0.717, 1.165) is 37.3 Å². The van der Waals surface area contributed by atoms with Crippen molar-refractivity contribution in [2.24, 2.45) is 0 Å². The number of anilines is 2. The number of benzene rings is 1. The van der Waals surface area contributed by atoms with Gasteiger partial charge in [-0.05, 0) is 43.5 Å². The second-order valence-corrected chi connectivity index (χ2v) is 6.08. The van der Waals surface area contributed by atoms with Crippen molar-refractivity contribution < 1.29 is 4.79 Å². The third-order valence-corrected chi connectivity index (χ3v) is 4.30. The highest BCUT2D eigenvalue weighted by Gasteiger charge is 2.18. The molecule has 4 nitrogen and oxygen atoms in total. The Hall–Kier alpha value is -2.36. The molecular formula is C19H23N3O. The molecule has 23 heavy (non-hydrogen) atoms. The maximum atomic E-state index is 12.7. The molecule has 1 aliphatic heterocycles. The van der Waals surface area contributed by atoms with Crippen molar-refractivity contribution in [3.05, 3.63) is 53.9 Å². The summed E-state index contributed by atoms with van der Waals surface area (Å²) in [5, 5.41) is 3.37. The lowest BCUT2D eigenvalue weighted by Gasteiger charge is -2.20. The molecule has 4 heteroatoms. The van der Waals surface area contributed by atoms with Crippen LogP contribution in [-0.4, -0.2) is 28.9 Å². The van der Waals surface area contributed by atoms with Gasteiger partial charge in [0.15, 0.2) is 0 Å². The minimum absolute atomic E-state index is 0.0420. The van der Waals surface area contributed by atoms with Gasteiger partial charge in [-0.2, -0.15) is 0 Å². The van der Waals surface area contributed by atoms with E-state index in [2.05, 4.69) is 23.3 Å². The quantitative estimate of drug-likeness (QED) is 0.926. The Balaban J connectivity index is 1.76. The van der Waals surface area contributed by atoms with Gasteiger partial charge in [0.1, 0.15) is 5.69 Å². The molecule has 1 aromatic heterocycles. The van der Waals surface area contributed by atoms with Crippen molar-refractivity contribution >= 4 is 17.3 Å². The summed E-state index contributed by atoms with van der Waals surface area (Å²) in [7, 11) is 0. The van der Waals surface area contributed by atoms with Crippen LogP contribution in [0.2, 0.25) is 0 Å². The molecule has 0 atom stereocenters. The number of aryl methyl sites for hydroxylation is 1. The van der Waals surface area contributed by atoms with Crippen LogP contribution in [0.5, 0.6) is 0 Å². The van der Waals surface area contributed by atoms with E-state index in [-0.39, 0.29) is 5.91 Å². The smallest absolute Gasteiger partial charge is 0.272 e. The van der Waals surface area contributed by atoms with E-state index in [1.54, 1.807) is 6.20 Å². The molecule has 1 N–H and O–H groups in total. The number of carbonyl (C=O) groups excluding carboxylic acids is 1. The Bertz CT molecular complexity index is 676. The Labute approximate surface area is 137 Å². The van der Waals surface area contributed by atoms with E-state index < -0.39 is 0 Å². The standard InChI is InChI=1S/C19H23N3O/c1-15-8-4-5-9-17(15)21-16-10-11-20-18(14-16)19(23)22-12-6-2-3-7-13-22/h4-5,8-11,14H,2-3,6-7,12-13H2,1H3,(H,20,21). The first-order valence-electron chi connectivity index (χ1n) is 8.32. The summed E-state index contributed by atoms with van der Waals surface area (Å²) in [6, 6.07) is 11.9. The van der Waals surface area contributed by atoms with Crippen LogP contribution in [0.15, 0.2) is 42.6 Å². The molecule has 120 valence electrons. The number of likely N-dealkylation sites (tertiary alicyclic amines) is 1. The Morgan fingerprint density at radius 2 is 1.83 bits per heavy atom. The molecule has 1 amide bonds. The monoisotopic (exact) mass is 309 g/mol. The minimum Gasteiger partial charge on any atom is -0.355 e. The molecule has 3 rings (SSSR count).